The van der Waals surface area contributed by atoms with Gasteiger partial charge in [0.1, 0.15) is 11.6 Å². The molecule has 0 atom stereocenters. The third kappa shape index (κ3) is 2.92. The SMILES string of the molecule is CCCOc1ccc2c(ccn2Cc2ccccc2F)c1. The molecule has 0 saturated heterocycles. The molecule has 0 N–H and O–H groups in total. The van der Waals surface area contributed by atoms with Crippen molar-refractivity contribution in [2.45, 2.75) is 19.9 Å². The van der Waals surface area contributed by atoms with Crippen molar-refractivity contribution >= 4 is 10.9 Å². The maximum absolute atomic E-state index is 13.8. The highest BCUT2D eigenvalue weighted by atomic mass is 19.1. The zero-order chi connectivity index (χ0) is 14.7. The maximum atomic E-state index is 13.8. The third-order valence-corrected chi connectivity index (χ3v) is 3.51. The fraction of sp³-hybridized carbons (Fsp3) is 0.222. The van der Waals surface area contributed by atoms with E-state index in [4.69, 9.17) is 4.74 Å². The Labute approximate surface area is 123 Å². The summed E-state index contributed by atoms with van der Waals surface area (Å²) in [5.74, 6) is 0.718. The van der Waals surface area contributed by atoms with Gasteiger partial charge in [0.15, 0.2) is 0 Å². The van der Waals surface area contributed by atoms with Crippen LogP contribution in [0.3, 0.4) is 0 Å². The summed E-state index contributed by atoms with van der Waals surface area (Å²) in [5, 5.41) is 1.11. The number of hydrogen-bond acceptors (Lipinski definition) is 1. The first kappa shape index (κ1) is 13.7. The lowest BCUT2D eigenvalue weighted by Gasteiger charge is -2.08. The number of nitrogens with zero attached hydrogens (tertiary/aromatic N) is 1. The van der Waals surface area contributed by atoms with E-state index in [1.165, 1.54) is 6.07 Å². The van der Waals surface area contributed by atoms with Gasteiger partial charge < -0.3 is 9.30 Å². The first-order chi connectivity index (χ1) is 10.3. The number of fused-ring (bicyclic) bond motifs is 1. The Bertz CT molecular complexity index is 748. The van der Waals surface area contributed by atoms with Crippen LogP contribution in [0.15, 0.2) is 54.7 Å². The van der Waals surface area contributed by atoms with Gasteiger partial charge in [0.05, 0.1) is 13.2 Å². The predicted octanol–water partition coefficient (Wildman–Crippen LogP) is 4.62. The minimum atomic E-state index is -0.165. The molecule has 1 aromatic heterocycles. The number of ether oxygens (including phenoxy) is 1. The van der Waals surface area contributed by atoms with Crippen LogP contribution in [0.5, 0.6) is 5.75 Å². The summed E-state index contributed by atoms with van der Waals surface area (Å²) >= 11 is 0. The summed E-state index contributed by atoms with van der Waals surface area (Å²) in [6, 6.07) is 15.0. The van der Waals surface area contributed by atoms with E-state index < -0.39 is 0 Å². The molecule has 0 aliphatic rings. The molecular weight excluding hydrogens is 265 g/mol. The number of halogens is 1. The van der Waals surface area contributed by atoms with Crippen molar-refractivity contribution in [2.24, 2.45) is 0 Å². The van der Waals surface area contributed by atoms with Crippen molar-refractivity contribution in [1.82, 2.24) is 4.57 Å². The Balaban J connectivity index is 1.88. The summed E-state index contributed by atoms with van der Waals surface area (Å²) in [6.45, 7) is 3.34. The summed E-state index contributed by atoms with van der Waals surface area (Å²) in [7, 11) is 0. The molecule has 108 valence electrons. The van der Waals surface area contributed by atoms with Crippen LogP contribution < -0.4 is 4.74 Å². The second-order valence-electron chi connectivity index (χ2n) is 5.10. The molecule has 0 unspecified atom stereocenters. The Morgan fingerprint density at radius 1 is 1.10 bits per heavy atom. The lowest BCUT2D eigenvalue weighted by molar-refractivity contribution is 0.318. The molecule has 0 saturated carbocycles. The zero-order valence-corrected chi connectivity index (χ0v) is 12.1. The smallest absolute Gasteiger partial charge is 0.128 e. The van der Waals surface area contributed by atoms with Crippen molar-refractivity contribution < 1.29 is 9.13 Å². The average molecular weight is 283 g/mol. The van der Waals surface area contributed by atoms with Gasteiger partial charge in [0, 0.05) is 22.7 Å². The van der Waals surface area contributed by atoms with Crippen LogP contribution >= 0.6 is 0 Å². The Morgan fingerprint density at radius 2 is 1.95 bits per heavy atom. The highest BCUT2D eigenvalue weighted by molar-refractivity contribution is 5.81. The van der Waals surface area contributed by atoms with Gasteiger partial charge in [-0.3, -0.25) is 0 Å². The molecule has 0 radical (unpaired) electrons. The van der Waals surface area contributed by atoms with Crippen molar-refractivity contribution in [3.63, 3.8) is 0 Å². The second kappa shape index (κ2) is 6.00. The van der Waals surface area contributed by atoms with Crippen LogP contribution in [0.2, 0.25) is 0 Å². The summed E-state index contributed by atoms with van der Waals surface area (Å²) in [4.78, 5) is 0. The number of rotatable bonds is 5. The van der Waals surface area contributed by atoms with Gasteiger partial charge in [0.2, 0.25) is 0 Å². The molecule has 0 amide bonds. The van der Waals surface area contributed by atoms with Gasteiger partial charge in [-0.2, -0.15) is 0 Å². The molecule has 0 aliphatic heterocycles. The lowest BCUT2D eigenvalue weighted by Crippen LogP contribution is -2.00. The van der Waals surface area contributed by atoms with Crippen LogP contribution in [0.4, 0.5) is 4.39 Å². The minimum absolute atomic E-state index is 0.165. The van der Waals surface area contributed by atoms with Crippen LogP contribution in [0.1, 0.15) is 18.9 Å². The summed E-state index contributed by atoms with van der Waals surface area (Å²) in [6.07, 6.45) is 2.98. The molecule has 2 aromatic carbocycles. The standard InChI is InChI=1S/C18H18FNO/c1-2-11-21-16-7-8-18-14(12-16)9-10-20(18)13-15-5-3-4-6-17(15)19/h3-10,12H,2,11,13H2,1H3. The highest BCUT2D eigenvalue weighted by Crippen LogP contribution is 2.23. The van der Waals surface area contributed by atoms with Gasteiger partial charge in [-0.25, -0.2) is 4.39 Å². The van der Waals surface area contributed by atoms with E-state index in [-0.39, 0.29) is 5.82 Å². The molecule has 3 heteroatoms. The first-order valence-corrected chi connectivity index (χ1v) is 7.23. The third-order valence-electron chi connectivity index (χ3n) is 3.51. The topological polar surface area (TPSA) is 14.2 Å². The van der Waals surface area contributed by atoms with Crippen LogP contribution in [0.25, 0.3) is 10.9 Å². The van der Waals surface area contributed by atoms with Crippen molar-refractivity contribution in [3.05, 3.63) is 66.1 Å². The largest absolute Gasteiger partial charge is 0.494 e. The van der Waals surface area contributed by atoms with E-state index in [1.807, 2.05) is 42.6 Å². The molecule has 21 heavy (non-hydrogen) atoms. The Kier molecular flexibility index (Phi) is 3.91. The van der Waals surface area contributed by atoms with E-state index in [9.17, 15) is 4.39 Å². The normalized spacial score (nSPS) is 11.0. The van der Waals surface area contributed by atoms with Gasteiger partial charge >= 0.3 is 0 Å². The van der Waals surface area contributed by atoms with Gasteiger partial charge in [-0.15, -0.1) is 0 Å². The van der Waals surface area contributed by atoms with E-state index in [0.29, 0.717) is 12.1 Å². The van der Waals surface area contributed by atoms with Gasteiger partial charge in [-0.05, 0) is 36.8 Å². The van der Waals surface area contributed by atoms with E-state index in [1.54, 1.807) is 6.07 Å². The Hall–Kier alpha value is -2.29. The van der Waals surface area contributed by atoms with Crippen LogP contribution in [-0.4, -0.2) is 11.2 Å². The monoisotopic (exact) mass is 283 g/mol. The second-order valence-corrected chi connectivity index (χ2v) is 5.10. The molecule has 0 bridgehead atoms. The number of aromatic nitrogens is 1. The highest BCUT2D eigenvalue weighted by Gasteiger charge is 2.06. The van der Waals surface area contributed by atoms with E-state index in [2.05, 4.69) is 11.5 Å². The molecule has 0 fully saturated rings. The molecule has 0 aliphatic carbocycles. The van der Waals surface area contributed by atoms with E-state index >= 15 is 0 Å². The first-order valence-electron chi connectivity index (χ1n) is 7.23. The summed E-state index contributed by atoms with van der Waals surface area (Å²) < 4.78 is 21.4. The molecule has 3 rings (SSSR count). The van der Waals surface area contributed by atoms with E-state index in [0.717, 1.165) is 29.7 Å². The van der Waals surface area contributed by atoms with Crippen molar-refractivity contribution in [3.8, 4) is 5.75 Å². The zero-order valence-electron chi connectivity index (χ0n) is 12.1. The molecular formula is C18H18FNO. The van der Waals surface area contributed by atoms with Gasteiger partial charge in [0.25, 0.3) is 0 Å². The fourth-order valence-electron chi connectivity index (χ4n) is 2.44. The van der Waals surface area contributed by atoms with Crippen molar-refractivity contribution in [2.75, 3.05) is 6.61 Å². The van der Waals surface area contributed by atoms with Crippen LogP contribution in [-0.2, 0) is 6.54 Å². The summed E-state index contributed by atoms with van der Waals surface area (Å²) in [5.41, 5.74) is 1.78. The molecule has 0 spiro atoms. The van der Waals surface area contributed by atoms with Crippen LogP contribution in [0, 0.1) is 5.82 Å². The molecule has 2 nitrogen and oxygen atoms in total. The Morgan fingerprint density at radius 3 is 2.76 bits per heavy atom. The average Bonchev–Trinajstić information content (AvgIpc) is 2.90. The van der Waals surface area contributed by atoms with Crippen molar-refractivity contribution in [1.29, 1.82) is 0 Å². The molecule has 1 heterocycles. The fourth-order valence-corrected chi connectivity index (χ4v) is 2.44. The van der Waals surface area contributed by atoms with Gasteiger partial charge in [-0.1, -0.05) is 25.1 Å². The number of hydrogen-bond donors (Lipinski definition) is 0. The minimum Gasteiger partial charge on any atom is -0.494 e. The number of benzene rings is 2. The lowest BCUT2D eigenvalue weighted by atomic mass is 10.2. The predicted molar refractivity (Wildman–Crippen MR) is 83.2 cm³/mol. The quantitative estimate of drug-likeness (QED) is 0.666. The molecule has 3 aromatic rings. The maximum Gasteiger partial charge on any atom is 0.128 e.